The summed E-state index contributed by atoms with van der Waals surface area (Å²) in [5.41, 5.74) is 3.79. The number of anilines is 1. The van der Waals surface area contributed by atoms with E-state index in [1.165, 1.54) is 6.07 Å². The molecule has 0 saturated heterocycles. The molecule has 0 spiro atoms. The molecule has 0 fully saturated rings. The Morgan fingerprint density at radius 3 is 2.38 bits per heavy atom. The van der Waals surface area contributed by atoms with Crippen molar-refractivity contribution in [1.82, 2.24) is 0 Å². The molecule has 0 aliphatic heterocycles. The van der Waals surface area contributed by atoms with Crippen LogP contribution in [0.25, 0.3) is 0 Å². The zero-order valence-electron chi connectivity index (χ0n) is 12.6. The van der Waals surface area contributed by atoms with E-state index in [1.807, 2.05) is 32.9 Å². The zero-order chi connectivity index (χ0) is 15.6. The van der Waals surface area contributed by atoms with E-state index >= 15 is 0 Å². The molecule has 2 aromatic carbocycles. The number of aryl methyl sites for hydroxylation is 2. The Bertz CT molecular complexity index is 634. The number of methoxy groups -OCH3 is 1. The minimum Gasteiger partial charge on any atom is -0.496 e. The normalized spacial score (nSPS) is 12.1. The predicted octanol–water partition coefficient (Wildman–Crippen LogP) is 5.39. The molecule has 1 unspecified atom stereocenters. The lowest BCUT2D eigenvalue weighted by molar-refractivity contribution is 0.402. The average Bonchev–Trinajstić information content (AvgIpc) is 2.44. The summed E-state index contributed by atoms with van der Waals surface area (Å²) in [6.45, 7) is 6.00. The van der Waals surface area contributed by atoms with E-state index in [0.29, 0.717) is 11.3 Å². The number of hydrogen-bond donors (Lipinski definition) is 1. The van der Waals surface area contributed by atoms with E-state index in [0.717, 1.165) is 21.3 Å². The Labute approximate surface area is 133 Å². The molecule has 0 heterocycles. The van der Waals surface area contributed by atoms with Crippen molar-refractivity contribution >= 4 is 21.6 Å². The van der Waals surface area contributed by atoms with Crippen molar-refractivity contribution in [2.75, 3.05) is 12.4 Å². The number of hydrogen-bond acceptors (Lipinski definition) is 2. The van der Waals surface area contributed by atoms with Crippen LogP contribution in [0.3, 0.4) is 0 Å². The number of benzene rings is 2. The van der Waals surface area contributed by atoms with Crippen LogP contribution in [0.15, 0.2) is 34.8 Å². The summed E-state index contributed by atoms with van der Waals surface area (Å²) in [7, 11) is 1.55. The van der Waals surface area contributed by atoms with Crippen molar-refractivity contribution in [3.05, 3.63) is 57.3 Å². The topological polar surface area (TPSA) is 21.3 Å². The fourth-order valence-electron chi connectivity index (χ4n) is 2.47. The van der Waals surface area contributed by atoms with Gasteiger partial charge in [0.1, 0.15) is 11.6 Å². The van der Waals surface area contributed by atoms with Crippen molar-refractivity contribution in [3.63, 3.8) is 0 Å². The van der Waals surface area contributed by atoms with Crippen LogP contribution in [-0.2, 0) is 0 Å². The predicted molar refractivity (Wildman–Crippen MR) is 88.6 cm³/mol. The lowest BCUT2D eigenvalue weighted by Gasteiger charge is -2.20. The number of nitrogens with one attached hydrogen (secondary N) is 1. The SMILES string of the molecule is COc1cccc(F)c1C(C)Nc1cc(C)c(Br)c(C)c1. The Balaban J connectivity index is 2.32. The third-order valence-corrected chi connectivity index (χ3v) is 4.74. The molecule has 2 nitrogen and oxygen atoms in total. The van der Waals surface area contributed by atoms with Crippen molar-refractivity contribution in [2.24, 2.45) is 0 Å². The van der Waals surface area contributed by atoms with Crippen molar-refractivity contribution < 1.29 is 9.13 Å². The van der Waals surface area contributed by atoms with Crippen LogP contribution >= 0.6 is 15.9 Å². The van der Waals surface area contributed by atoms with Crippen LogP contribution in [0.5, 0.6) is 5.75 Å². The summed E-state index contributed by atoms with van der Waals surface area (Å²) in [5, 5.41) is 3.34. The average molecular weight is 352 g/mol. The van der Waals surface area contributed by atoms with Crippen molar-refractivity contribution in [3.8, 4) is 5.75 Å². The summed E-state index contributed by atoms with van der Waals surface area (Å²) in [5.74, 6) is 0.292. The first-order valence-corrected chi connectivity index (χ1v) is 7.59. The van der Waals surface area contributed by atoms with Crippen molar-refractivity contribution in [1.29, 1.82) is 0 Å². The number of rotatable bonds is 4. The maximum absolute atomic E-state index is 14.1. The highest BCUT2D eigenvalue weighted by Crippen LogP contribution is 2.32. The molecule has 0 radical (unpaired) electrons. The van der Waals surface area contributed by atoms with Gasteiger partial charge < -0.3 is 10.1 Å². The maximum atomic E-state index is 14.1. The van der Waals surface area contributed by atoms with E-state index < -0.39 is 0 Å². The maximum Gasteiger partial charge on any atom is 0.132 e. The molecule has 0 saturated carbocycles. The first-order valence-electron chi connectivity index (χ1n) is 6.79. The standard InChI is InChI=1S/C17H19BrFNO/c1-10-8-13(9-11(2)17(10)18)20-12(3)16-14(19)6-5-7-15(16)21-4/h5-9,12,20H,1-4H3. The van der Waals surface area contributed by atoms with Crippen LogP contribution in [-0.4, -0.2) is 7.11 Å². The third kappa shape index (κ3) is 3.38. The molecule has 4 heteroatoms. The molecule has 0 amide bonds. The van der Waals surface area contributed by atoms with Gasteiger partial charge >= 0.3 is 0 Å². The van der Waals surface area contributed by atoms with E-state index in [2.05, 4.69) is 21.2 Å². The van der Waals surface area contributed by atoms with E-state index in [-0.39, 0.29) is 11.9 Å². The molecule has 112 valence electrons. The van der Waals surface area contributed by atoms with Gasteiger partial charge in [-0.15, -0.1) is 0 Å². The summed E-state index contributed by atoms with van der Waals surface area (Å²) >= 11 is 3.55. The summed E-state index contributed by atoms with van der Waals surface area (Å²) in [4.78, 5) is 0. The van der Waals surface area contributed by atoms with Gasteiger partial charge in [-0.2, -0.15) is 0 Å². The lowest BCUT2D eigenvalue weighted by Crippen LogP contribution is -2.10. The smallest absolute Gasteiger partial charge is 0.132 e. The van der Waals surface area contributed by atoms with E-state index in [1.54, 1.807) is 19.2 Å². The first kappa shape index (κ1) is 15.8. The molecule has 0 aliphatic rings. The Morgan fingerprint density at radius 2 is 1.81 bits per heavy atom. The molecule has 2 rings (SSSR count). The molecule has 2 aromatic rings. The highest BCUT2D eigenvalue weighted by molar-refractivity contribution is 9.10. The van der Waals surface area contributed by atoms with E-state index in [4.69, 9.17) is 4.74 Å². The zero-order valence-corrected chi connectivity index (χ0v) is 14.2. The van der Waals surface area contributed by atoms with Crippen LogP contribution in [0.1, 0.15) is 29.7 Å². The summed E-state index contributed by atoms with van der Waals surface area (Å²) in [6, 6.07) is 8.77. The minimum absolute atomic E-state index is 0.193. The number of ether oxygens (including phenoxy) is 1. The first-order chi connectivity index (χ1) is 9.93. The van der Waals surface area contributed by atoms with Gasteiger partial charge in [-0.1, -0.05) is 22.0 Å². The third-order valence-electron chi connectivity index (χ3n) is 3.49. The van der Waals surface area contributed by atoms with Gasteiger partial charge in [-0.05, 0) is 56.2 Å². The Hall–Kier alpha value is -1.55. The highest BCUT2D eigenvalue weighted by Gasteiger charge is 2.16. The molecular formula is C17H19BrFNO. The molecule has 0 bridgehead atoms. The molecule has 0 aromatic heterocycles. The van der Waals surface area contributed by atoms with Gasteiger partial charge in [0, 0.05) is 10.2 Å². The minimum atomic E-state index is -0.264. The Morgan fingerprint density at radius 1 is 1.19 bits per heavy atom. The van der Waals surface area contributed by atoms with Gasteiger partial charge in [-0.25, -0.2) is 4.39 Å². The molecule has 0 aliphatic carbocycles. The van der Waals surface area contributed by atoms with Crippen molar-refractivity contribution in [2.45, 2.75) is 26.8 Å². The van der Waals surface area contributed by atoms with Crippen LogP contribution in [0, 0.1) is 19.7 Å². The van der Waals surface area contributed by atoms with Crippen LogP contribution in [0.2, 0.25) is 0 Å². The molecule has 1 N–H and O–H groups in total. The van der Waals surface area contributed by atoms with Crippen LogP contribution < -0.4 is 10.1 Å². The lowest BCUT2D eigenvalue weighted by atomic mass is 10.0. The summed E-state index contributed by atoms with van der Waals surface area (Å²) < 4.78 is 20.5. The van der Waals surface area contributed by atoms with Gasteiger partial charge in [0.2, 0.25) is 0 Å². The molecule has 1 atom stereocenters. The second kappa shape index (κ2) is 6.48. The van der Waals surface area contributed by atoms with Gasteiger partial charge in [0.15, 0.2) is 0 Å². The van der Waals surface area contributed by atoms with Gasteiger partial charge in [-0.3, -0.25) is 0 Å². The van der Waals surface area contributed by atoms with E-state index in [9.17, 15) is 4.39 Å². The Kier molecular flexibility index (Phi) is 4.88. The fraction of sp³-hybridized carbons (Fsp3) is 0.294. The monoisotopic (exact) mass is 351 g/mol. The molecule has 21 heavy (non-hydrogen) atoms. The fourth-order valence-corrected chi connectivity index (χ4v) is 2.70. The second-order valence-electron chi connectivity index (χ2n) is 5.15. The van der Waals surface area contributed by atoms with Gasteiger partial charge in [0.25, 0.3) is 0 Å². The summed E-state index contributed by atoms with van der Waals surface area (Å²) in [6.07, 6.45) is 0. The second-order valence-corrected chi connectivity index (χ2v) is 5.94. The number of halogens is 2. The largest absolute Gasteiger partial charge is 0.496 e. The highest BCUT2D eigenvalue weighted by atomic mass is 79.9. The molecular weight excluding hydrogens is 333 g/mol. The quantitative estimate of drug-likeness (QED) is 0.797. The van der Waals surface area contributed by atoms with Gasteiger partial charge in [0.05, 0.1) is 18.7 Å². The van der Waals surface area contributed by atoms with Crippen LogP contribution in [0.4, 0.5) is 10.1 Å².